The zero-order valence-electron chi connectivity index (χ0n) is 18.6. The second kappa shape index (κ2) is 10.2. The third-order valence-electron chi connectivity index (χ3n) is 5.93. The maximum Gasteiger partial charge on any atom is 0.244 e. The Labute approximate surface area is 189 Å². The third kappa shape index (κ3) is 5.77. The van der Waals surface area contributed by atoms with Gasteiger partial charge in [-0.1, -0.05) is 49.7 Å². The summed E-state index contributed by atoms with van der Waals surface area (Å²) in [6.45, 7) is 8.63. The number of carbonyl (C=O) groups is 2. The molecule has 0 fully saturated rings. The van der Waals surface area contributed by atoms with E-state index >= 15 is 0 Å². The molecule has 0 bridgehead atoms. The molecule has 1 aliphatic rings. The predicted molar refractivity (Wildman–Crippen MR) is 126 cm³/mol. The molecule has 0 saturated carbocycles. The number of hydrogen-bond donors (Lipinski definition) is 2. The Bertz CT molecular complexity index is 947. The van der Waals surface area contributed by atoms with E-state index in [9.17, 15) is 9.59 Å². The molecule has 166 valence electrons. The molecule has 31 heavy (non-hydrogen) atoms. The summed E-state index contributed by atoms with van der Waals surface area (Å²) in [5.41, 5.74) is 4.07. The molecule has 1 atom stereocenters. The van der Waals surface area contributed by atoms with Crippen molar-refractivity contribution in [2.75, 3.05) is 30.8 Å². The zero-order valence-corrected chi connectivity index (χ0v) is 19.4. The van der Waals surface area contributed by atoms with Crippen LogP contribution in [0, 0.1) is 5.92 Å². The van der Waals surface area contributed by atoms with Crippen molar-refractivity contribution in [3.63, 3.8) is 0 Å². The highest BCUT2D eigenvalue weighted by Crippen LogP contribution is 2.31. The van der Waals surface area contributed by atoms with Crippen LogP contribution in [0.5, 0.6) is 0 Å². The van der Waals surface area contributed by atoms with Crippen molar-refractivity contribution in [2.24, 2.45) is 5.92 Å². The number of hydrogen-bond acceptors (Lipinski definition) is 4. The molecule has 2 aromatic rings. The van der Waals surface area contributed by atoms with Crippen LogP contribution < -0.4 is 10.6 Å². The monoisotopic (exact) mass is 442 g/mol. The Morgan fingerprint density at radius 3 is 2.48 bits per heavy atom. The van der Waals surface area contributed by atoms with Crippen molar-refractivity contribution in [3.05, 3.63) is 58.6 Å². The predicted octanol–water partition coefficient (Wildman–Crippen LogP) is 4.21. The number of fused-ring (bicyclic) bond motifs is 1. The second-order valence-corrected chi connectivity index (χ2v) is 8.87. The van der Waals surface area contributed by atoms with Crippen LogP contribution in [0.4, 0.5) is 11.4 Å². The van der Waals surface area contributed by atoms with Gasteiger partial charge in [0.1, 0.15) is 0 Å². The molecule has 0 saturated heterocycles. The minimum atomic E-state index is -0.289. The first kappa shape index (κ1) is 23.1. The Morgan fingerprint density at radius 1 is 1.06 bits per heavy atom. The highest BCUT2D eigenvalue weighted by atomic mass is 35.5. The summed E-state index contributed by atoms with van der Waals surface area (Å²) in [7, 11) is 1.62. The van der Waals surface area contributed by atoms with E-state index in [1.165, 1.54) is 16.0 Å². The van der Waals surface area contributed by atoms with Crippen molar-refractivity contribution in [1.29, 1.82) is 0 Å². The van der Waals surface area contributed by atoms with E-state index in [0.29, 0.717) is 22.7 Å². The number of benzene rings is 2. The van der Waals surface area contributed by atoms with Gasteiger partial charge in [-0.25, -0.2) is 0 Å². The first-order chi connectivity index (χ1) is 14.8. The minimum Gasteiger partial charge on any atom is -0.376 e. The number of nitrogens with one attached hydrogen (secondary N) is 2. The van der Waals surface area contributed by atoms with E-state index in [4.69, 9.17) is 11.6 Å². The van der Waals surface area contributed by atoms with Crippen LogP contribution in [-0.2, 0) is 22.7 Å². The van der Waals surface area contributed by atoms with Gasteiger partial charge in [0.25, 0.3) is 0 Å². The second-order valence-electron chi connectivity index (χ2n) is 8.46. The number of anilines is 2. The van der Waals surface area contributed by atoms with E-state index in [2.05, 4.69) is 42.4 Å². The number of amides is 2. The summed E-state index contributed by atoms with van der Waals surface area (Å²) in [5.74, 6) is 0.137. The van der Waals surface area contributed by atoms with Gasteiger partial charge in [-0.2, -0.15) is 0 Å². The summed E-state index contributed by atoms with van der Waals surface area (Å²) in [4.78, 5) is 28.7. The van der Waals surface area contributed by atoms with E-state index in [-0.39, 0.29) is 24.9 Å². The molecule has 0 radical (unpaired) electrons. The molecule has 2 amide bonds. The zero-order chi connectivity index (χ0) is 22.5. The topological polar surface area (TPSA) is 64.7 Å². The molecular weight excluding hydrogens is 412 g/mol. The first-order valence-electron chi connectivity index (χ1n) is 10.6. The maximum atomic E-state index is 12.6. The lowest BCUT2D eigenvalue weighted by Crippen LogP contribution is -2.38. The molecule has 2 N–H and O–H groups in total. The first-order valence-corrected chi connectivity index (χ1v) is 11.0. The quantitative estimate of drug-likeness (QED) is 0.642. The van der Waals surface area contributed by atoms with Gasteiger partial charge in [0.15, 0.2) is 0 Å². The van der Waals surface area contributed by atoms with Gasteiger partial charge in [0.05, 0.1) is 23.8 Å². The number of halogens is 1. The van der Waals surface area contributed by atoms with Crippen molar-refractivity contribution < 1.29 is 9.59 Å². The van der Waals surface area contributed by atoms with Gasteiger partial charge in [0, 0.05) is 31.9 Å². The van der Waals surface area contributed by atoms with Gasteiger partial charge in [-0.3, -0.25) is 14.5 Å². The van der Waals surface area contributed by atoms with Crippen molar-refractivity contribution in [2.45, 2.75) is 39.9 Å². The lowest BCUT2D eigenvalue weighted by Gasteiger charge is -2.27. The van der Waals surface area contributed by atoms with Crippen molar-refractivity contribution >= 4 is 34.8 Å². The summed E-state index contributed by atoms with van der Waals surface area (Å²) in [5, 5.41) is 6.48. The Hall–Kier alpha value is -2.57. The highest BCUT2D eigenvalue weighted by Gasteiger charge is 2.26. The standard InChI is InChI=1S/C24H31ClN4O2/c1-16(2)17(3)29-13-18-8-7-11-21(19(18)14-29)26-12-24(31)28(4)15-23(30)27-22-10-6-5-9-20(22)25/h5-11,16-17,26H,12-15H2,1-4H3,(H,27,30). The van der Waals surface area contributed by atoms with E-state index in [0.717, 1.165) is 18.8 Å². The highest BCUT2D eigenvalue weighted by molar-refractivity contribution is 6.33. The summed E-state index contributed by atoms with van der Waals surface area (Å²) >= 11 is 6.07. The van der Waals surface area contributed by atoms with Gasteiger partial charge in [0.2, 0.25) is 11.8 Å². The van der Waals surface area contributed by atoms with Crippen LogP contribution in [0.1, 0.15) is 31.9 Å². The largest absolute Gasteiger partial charge is 0.376 e. The van der Waals surface area contributed by atoms with E-state index < -0.39 is 0 Å². The van der Waals surface area contributed by atoms with E-state index in [1.54, 1.807) is 31.3 Å². The lowest BCUT2D eigenvalue weighted by molar-refractivity contribution is -0.131. The van der Waals surface area contributed by atoms with Crippen LogP contribution in [0.25, 0.3) is 0 Å². The number of likely N-dealkylation sites (N-methyl/N-ethyl adjacent to an activating group) is 1. The van der Waals surface area contributed by atoms with Crippen LogP contribution in [0.15, 0.2) is 42.5 Å². The minimum absolute atomic E-state index is 0.0433. The Kier molecular flexibility index (Phi) is 7.57. The fraction of sp³-hybridized carbons (Fsp3) is 0.417. The number of carbonyl (C=O) groups excluding carboxylic acids is 2. The number of rotatable bonds is 8. The summed E-state index contributed by atoms with van der Waals surface area (Å²) < 4.78 is 0. The molecule has 0 aromatic heterocycles. The maximum absolute atomic E-state index is 12.6. The van der Waals surface area contributed by atoms with Crippen molar-refractivity contribution in [3.8, 4) is 0 Å². The van der Waals surface area contributed by atoms with Gasteiger partial charge in [-0.05, 0) is 42.2 Å². The molecule has 0 aliphatic carbocycles. The van der Waals surface area contributed by atoms with Crippen molar-refractivity contribution in [1.82, 2.24) is 9.80 Å². The molecule has 3 rings (SSSR count). The van der Waals surface area contributed by atoms with Crippen LogP contribution >= 0.6 is 11.6 Å². The van der Waals surface area contributed by atoms with Crippen LogP contribution in [-0.4, -0.2) is 47.8 Å². The van der Waals surface area contributed by atoms with Gasteiger partial charge >= 0.3 is 0 Å². The van der Waals surface area contributed by atoms with Crippen LogP contribution in [0.2, 0.25) is 5.02 Å². The molecule has 0 spiro atoms. The third-order valence-corrected chi connectivity index (χ3v) is 6.26. The molecule has 2 aromatic carbocycles. The molecule has 7 heteroatoms. The average molecular weight is 443 g/mol. The number of para-hydroxylation sites is 1. The fourth-order valence-corrected chi connectivity index (χ4v) is 3.87. The van der Waals surface area contributed by atoms with Gasteiger partial charge in [-0.15, -0.1) is 0 Å². The summed E-state index contributed by atoms with van der Waals surface area (Å²) in [6.07, 6.45) is 0. The SMILES string of the molecule is CC(C)C(C)N1Cc2cccc(NCC(=O)N(C)CC(=O)Nc3ccccc3Cl)c2C1. The molecule has 1 unspecified atom stereocenters. The lowest BCUT2D eigenvalue weighted by atomic mass is 10.1. The normalized spacial score (nSPS) is 14.3. The smallest absolute Gasteiger partial charge is 0.244 e. The summed E-state index contributed by atoms with van der Waals surface area (Å²) in [6, 6.07) is 13.7. The molecular formula is C24H31ClN4O2. The number of nitrogens with zero attached hydrogens (tertiary/aromatic N) is 2. The molecule has 1 heterocycles. The van der Waals surface area contributed by atoms with Crippen LogP contribution in [0.3, 0.4) is 0 Å². The average Bonchev–Trinajstić information content (AvgIpc) is 3.17. The Balaban J connectivity index is 1.54. The van der Waals surface area contributed by atoms with E-state index in [1.807, 2.05) is 12.1 Å². The Morgan fingerprint density at radius 2 is 1.77 bits per heavy atom. The molecule has 1 aliphatic heterocycles. The molecule has 6 nitrogen and oxygen atoms in total. The van der Waals surface area contributed by atoms with Gasteiger partial charge < -0.3 is 15.5 Å². The fourth-order valence-electron chi connectivity index (χ4n) is 3.68.